The van der Waals surface area contributed by atoms with Crippen molar-refractivity contribution >= 4 is 0 Å². The lowest BCUT2D eigenvalue weighted by Crippen LogP contribution is -2.08. The molecule has 0 aromatic heterocycles. The van der Waals surface area contributed by atoms with Gasteiger partial charge in [-0.05, 0) is 43.4 Å². The van der Waals surface area contributed by atoms with E-state index >= 15 is 0 Å². The van der Waals surface area contributed by atoms with E-state index in [1.54, 1.807) is 13.2 Å². The Hall–Kier alpha value is -1.26. The first-order valence-corrected chi connectivity index (χ1v) is 6.85. The van der Waals surface area contributed by atoms with Gasteiger partial charge in [-0.3, -0.25) is 0 Å². The summed E-state index contributed by atoms with van der Waals surface area (Å²) in [7, 11) is 1.61. The number of methoxy groups -OCH3 is 1. The molecule has 4 nitrogen and oxygen atoms in total. The fourth-order valence-corrected chi connectivity index (χ4v) is 2.29. The molecule has 0 spiro atoms. The van der Waals surface area contributed by atoms with E-state index in [2.05, 4.69) is 0 Å². The van der Waals surface area contributed by atoms with Crippen LogP contribution in [0.1, 0.15) is 31.2 Å². The third-order valence-corrected chi connectivity index (χ3v) is 3.36. The Bertz CT molecular complexity index is 386. The van der Waals surface area contributed by atoms with Crippen LogP contribution in [0.3, 0.4) is 0 Å². The van der Waals surface area contributed by atoms with Gasteiger partial charge >= 0.3 is 0 Å². The molecule has 4 heteroatoms. The molecule has 1 aliphatic rings. The normalized spacial score (nSPS) is 18.5. The highest BCUT2D eigenvalue weighted by Gasteiger charge is 2.14. The Morgan fingerprint density at radius 1 is 1.37 bits per heavy atom. The monoisotopic (exact) mass is 266 g/mol. The molecule has 2 rings (SSSR count). The predicted molar refractivity (Wildman–Crippen MR) is 72.6 cm³/mol. The molecule has 0 saturated carbocycles. The van der Waals surface area contributed by atoms with Gasteiger partial charge in [0.25, 0.3) is 0 Å². The maximum atomic E-state index is 9.07. The SMILES string of the molecule is COc1cc(CO)ccc1OCCCC1CCCO1. The molecule has 1 saturated heterocycles. The molecular weight excluding hydrogens is 244 g/mol. The minimum absolute atomic E-state index is 0.00958. The topological polar surface area (TPSA) is 47.9 Å². The van der Waals surface area contributed by atoms with Gasteiger partial charge in [-0.1, -0.05) is 6.07 Å². The third-order valence-electron chi connectivity index (χ3n) is 3.36. The molecule has 1 aliphatic heterocycles. The molecule has 1 fully saturated rings. The van der Waals surface area contributed by atoms with Crippen molar-refractivity contribution in [2.24, 2.45) is 0 Å². The van der Waals surface area contributed by atoms with Crippen molar-refractivity contribution in [2.45, 2.75) is 38.4 Å². The number of benzene rings is 1. The maximum absolute atomic E-state index is 9.07. The van der Waals surface area contributed by atoms with Crippen LogP contribution in [0.2, 0.25) is 0 Å². The van der Waals surface area contributed by atoms with Crippen molar-refractivity contribution in [1.29, 1.82) is 0 Å². The summed E-state index contributed by atoms with van der Waals surface area (Å²) in [6.07, 6.45) is 4.81. The summed E-state index contributed by atoms with van der Waals surface area (Å²) in [5, 5.41) is 9.07. The number of hydrogen-bond acceptors (Lipinski definition) is 4. The predicted octanol–water partition coefficient (Wildman–Crippen LogP) is 2.53. The van der Waals surface area contributed by atoms with Crippen LogP contribution in [0.5, 0.6) is 11.5 Å². The van der Waals surface area contributed by atoms with E-state index in [9.17, 15) is 0 Å². The zero-order valence-corrected chi connectivity index (χ0v) is 11.4. The van der Waals surface area contributed by atoms with Crippen LogP contribution in [0.25, 0.3) is 0 Å². The fourth-order valence-electron chi connectivity index (χ4n) is 2.29. The minimum atomic E-state index is 0.00958. The Morgan fingerprint density at radius 2 is 2.26 bits per heavy atom. The summed E-state index contributed by atoms with van der Waals surface area (Å²) >= 11 is 0. The molecule has 1 unspecified atom stereocenters. The van der Waals surface area contributed by atoms with Gasteiger partial charge in [-0.25, -0.2) is 0 Å². The number of rotatable bonds is 7. The van der Waals surface area contributed by atoms with Crippen molar-refractivity contribution in [3.8, 4) is 11.5 Å². The summed E-state index contributed by atoms with van der Waals surface area (Å²) < 4.78 is 16.6. The van der Waals surface area contributed by atoms with E-state index < -0.39 is 0 Å². The van der Waals surface area contributed by atoms with E-state index in [0.29, 0.717) is 18.5 Å². The van der Waals surface area contributed by atoms with E-state index in [-0.39, 0.29) is 6.61 Å². The van der Waals surface area contributed by atoms with Crippen LogP contribution in [0.15, 0.2) is 18.2 Å². The van der Waals surface area contributed by atoms with Crippen LogP contribution < -0.4 is 9.47 Å². The lowest BCUT2D eigenvalue weighted by Gasteiger charge is -2.13. The van der Waals surface area contributed by atoms with E-state index in [1.807, 2.05) is 12.1 Å². The lowest BCUT2D eigenvalue weighted by molar-refractivity contribution is 0.0980. The van der Waals surface area contributed by atoms with Crippen molar-refractivity contribution in [2.75, 3.05) is 20.3 Å². The van der Waals surface area contributed by atoms with Gasteiger partial charge in [-0.15, -0.1) is 0 Å². The maximum Gasteiger partial charge on any atom is 0.161 e. The highest BCUT2D eigenvalue weighted by molar-refractivity contribution is 5.42. The van der Waals surface area contributed by atoms with Gasteiger partial charge in [-0.2, -0.15) is 0 Å². The number of ether oxygens (including phenoxy) is 3. The first-order chi connectivity index (χ1) is 9.33. The third kappa shape index (κ3) is 4.11. The molecule has 106 valence electrons. The van der Waals surface area contributed by atoms with Gasteiger partial charge in [0.2, 0.25) is 0 Å². The molecule has 19 heavy (non-hydrogen) atoms. The second kappa shape index (κ2) is 7.36. The van der Waals surface area contributed by atoms with Gasteiger partial charge in [0.15, 0.2) is 11.5 Å². The van der Waals surface area contributed by atoms with Crippen LogP contribution in [-0.4, -0.2) is 31.5 Å². The molecule has 1 aromatic carbocycles. The molecule has 0 bridgehead atoms. The number of hydrogen-bond donors (Lipinski definition) is 1. The molecular formula is C15H22O4. The van der Waals surface area contributed by atoms with Gasteiger partial charge < -0.3 is 19.3 Å². The zero-order chi connectivity index (χ0) is 13.5. The quantitative estimate of drug-likeness (QED) is 0.770. The Labute approximate surface area is 114 Å². The molecule has 1 atom stereocenters. The van der Waals surface area contributed by atoms with E-state index in [4.69, 9.17) is 19.3 Å². The van der Waals surface area contributed by atoms with Crippen molar-refractivity contribution < 1.29 is 19.3 Å². The second-order valence-electron chi connectivity index (χ2n) is 4.77. The minimum Gasteiger partial charge on any atom is -0.493 e. The van der Waals surface area contributed by atoms with E-state index in [0.717, 1.165) is 30.8 Å². The first kappa shape index (κ1) is 14.2. The second-order valence-corrected chi connectivity index (χ2v) is 4.77. The number of aliphatic hydroxyl groups excluding tert-OH is 1. The summed E-state index contributed by atoms with van der Waals surface area (Å²) in [5.74, 6) is 1.40. The lowest BCUT2D eigenvalue weighted by atomic mass is 10.1. The van der Waals surface area contributed by atoms with Crippen LogP contribution in [0, 0.1) is 0 Å². The Balaban J connectivity index is 1.78. The Morgan fingerprint density at radius 3 is 2.95 bits per heavy atom. The molecule has 0 radical (unpaired) electrons. The first-order valence-electron chi connectivity index (χ1n) is 6.85. The molecule has 1 N–H and O–H groups in total. The average molecular weight is 266 g/mol. The van der Waals surface area contributed by atoms with Gasteiger partial charge in [0, 0.05) is 6.61 Å². The van der Waals surface area contributed by atoms with Gasteiger partial charge in [0.05, 0.1) is 26.4 Å². The summed E-state index contributed by atoms with van der Waals surface area (Å²) in [4.78, 5) is 0. The molecule has 0 aliphatic carbocycles. The van der Waals surface area contributed by atoms with Crippen molar-refractivity contribution in [1.82, 2.24) is 0 Å². The summed E-state index contributed by atoms with van der Waals surface area (Å²) in [6, 6.07) is 5.49. The molecule has 0 amide bonds. The van der Waals surface area contributed by atoms with Gasteiger partial charge in [0.1, 0.15) is 0 Å². The van der Waals surface area contributed by atoms with Crippen LogP contribution in [0.4, 0.5) is 0 Å². The van der Waals surface area contributed by atoms with Crippen molar-refractivity contribution in [3.63, 3.8) is 0 Å². The molecule has 1 aromatic rings. The standard InChI is InChI=1S/C15H22O4/c1-17-15-10-12(11-16)6-7-14(15)19-9-3-5-13-4-2-8-18-13/h6-7,10,13,16H,2-5,8-9,11H2,1H3. The van der Waals surface area contributed by atoms with Crippen LogP contribution >= 0.6 is 0 Å². The van der Waals surface area contributed by atoms with Crippen molar-refractivity contribution in [3.05, 3.63) is 23.8 Å². The average Bonchev–Trinajstić information content (AvgIpc) is 2.96. The number of aliphatic hydroxyl groups is 1. The summed E-state index contributed by atoms with van der Waals surface area (Å²) in [6.45, 7) is 1.58. The fraction of sp³-hybridized carbons (Fsp3) is 0.600. The highest BCUT2D eigenvalue weighted by atomic mass is 16.5. The Kier molecular flexibility index (Phi) is 5.48. The molecule has 1 heterocycles. The largest absolute Gasteiger partial charge is 0.493 e. The zero-order valence-electron chi connectivity index (χ0n) is 11.4. The summed E-state index contributed by atoms with van der Waals surface area (Å²) in [5.41, 5.74) is 0.823. The van der Waals surface area contributed by atoms with Crippen LogP contribution in [-0.2, 0) is 11.3 Å². The van der Waals surface area contributed by atoms with E-state index in [1.165, 1.54) is 12.8 Å². The highest BCUT2D eigenvalue weighted by Crippen LogP contribution is 2.28. The smallest absolute Gasteiger partial charge is 0.161 e.